The molecule has 0 aliphatic carbocycles. The summed E-state index contributed by atoms with van der Waals surface area (Å²) in [5.41, 5.74) is 2.62. The molecule has 0 atom stereocenters. The number of halogens is 2. The number of benzene rings is 2. The van der Waals surface area contributed by atoms with Crippen molar-refractivity contribution in [2.75, 3.05) is 10.6 Å². The summed E-state index contributed by atoms with van der Waals surface area (Å²) in [7, 11) is 0. The fraction of sp³-hybridized carbons (Fsp3) is 0.0526. The van der Waals surface area contributed by atoms with Crippen molar-refractivity contribution in [2.45, 2.75) is 6.54 Å². The molecule has 4 nitrogen and oxygen atoms in total. The van der Waals surface area contributed by atoms with E-state index in [2.05, 4.69) is 15.6 Å². The molecule has 2 aromatic carbocycles. The third kappa shape index (κ3) is 4.55. The Morgan fingerprint density at radius 3 is 2.48 bits per heavy atom. The molecule has 0 unspecified atom stereocenters. The third-order valence-electron chi connectivity index (χ3n) is 3.51. The van der Waals surface area contributed by atoms with Crippen LogP contribution in [-0.4, -0.2) is 10.9 Å². The van der Waals surface area contributed by atoms with Gasteiger partial charge in [-0.2, -0.15) is 0 Å². The van der Waals surface area contributed by atoms with Crippen LogP contribution in [0.3, 0.4) is 0 Å². The zero-order valence-electron chi connectivity index (χ0n) is 13.2. The molecular formula is C19H15ClFN3O. The van der Waals surface area contributed by atoms with Crippen LogP contribution in [0.15, 0.2) is 66.9 Å². The summed E-state index contributed by atoms with van der Waals surface area (Å²) in [5.74, 6) is -0.927. The van der Waals surface area contributed by atoms with Crippen LogP contribution in [0.25, 0.3) is 0 Å². The quantitative estimate of drug-likeness (QED) is 0.695. The van der Waals surface area contributed by atoms with Gasteiger partial charge < -0.3 is 10.6 Å². The first kappa shape index (κ1) is 16.9. The van der Waals surface area contributed by atoms with Crippen molar-refractivity contribution in [3.63, 3.8) is 0 Å². The minimum Gasteiger partial charge on any atom is -0.380 e. The largest absolute Gasteiger partial charge is 0.380 e. The zero-order valence-corrected chi connectivity index (χ0v) is 13.9. The molecule has 0 fully saturated rings. The second-order valence-corrected chi connectivity index (χ2v) is 5.76. The van der Waals surface area contributed by atoms with E-state index in [0.29, 0.717) is 12.2 Å². The van der Waals surface area contributed by atoms with Gasteiger partial charge in [-0.25, -0.2) is 9.37 Å². The van der Waals surface area contributed by atoms with Gasteiger partial charge in [0, 0.05) is 12.2 Å². The SMILES string of the molecule is O=C(Nc1ccc(F)c(Cl)c1)c1ccc(NCc2ccccc2)cn1. The van der Waals surface area contributed by atoms with Crippen molar-refractivity contribution >= 4 is 28.9 Å². The van der Waals surface area contributed by atoms with E-state index in [4.69, 9.17) is 11.6 Å². The highest BCUT2D eigenvalue weighted by Crippen LogP contribution is 2.20. The first-order chi connectivity index (χ1) is 12.1. The number of pyridine rings is 1. The minimum atomic E-state index is -0.536. The van der Waals surface area contributed by atoms with Crippen molar-refractivity contribution in [3.05, 3.63) is 89.0 Å². The van der Waals surface area contributed by atoms with Gasteiger partial charge in [0.25, 0.3) is 5.91 Å². The maximum absolute atomic E-state index is 13.1. The summed E-state index contributed by atoms with van der Waals surface area (Å²) in [4.78, 5) is 16.3. The average Bonchev–Trinajstić information content (AvgIpc) is 2.64. The number of carbonyl (C=O) groups is 1. The van der Waals surface area contributed by atoms with Crippen molar-refractivity contribution in [1.29, 1.82) is 0 Å². The van der Waals surface area contributed by atoms with Crippen LogP contribution in [-0.2, 0) is 6.54 Å². The van der Waals surface area contributed by atoms with Crippen molar-refractivity contribution in [2.24, 2.45) is 0 Å². The highest BCUT2D eigenvalue weighted by molar-refractivity contribution is 6.31. The Kier molecular flexibility index (Phi) is 5.26. The van der Waals surface area contributed by atoms with Crippen molar-refractivity contribution in [1.82, 2.24) is 4.98 Å². The highest BCUT2D eigenvalue weighted by Gasteiger charge is 2.09. The van der Waals surface area contributed by atoms with Crippen LogP contribution >= 0.6 is 11.6 Å². The molecule has 3 aromatic rings. The van der Waals surface area contributed by atoms with Gasteiger partial charge in [-0.1, -0.05) is 41.9 Å². The molecule has 3 rings (SSSR count). The number of nitrogens with zero attached hydrogens (tertiary/aromatic N) is 1. The maximum Gasteiger partial charge on any atom is 0.274 e. The van der Waals surface area contributed by atoms with Crippen LogP contribution in [0.2, 0.25) is 5.02 Å². The van der Waals surface area contributed by atoms with Crippen molar-refractivity contribution < 1.29 is 9.18 Å². The lowest BCUT2D eigenvalue weighted by Gasteiger charge is -2.08. The van der Waals surface area contributed by atoms with E-state index in [1.807, 2.05) is 30.3 Å². The molecule has 1 aromatic heterocycles. The molecule has 0 aliphatic heterocycles. The number of carbonyl (C=O) groups excluding carboxylic acids is 1. The fourth-order valence-electron chi connectivity index (χ4n) is 2.20. The monoisotopic (exact) mass is 355 g/mol. The molecule has 1 heterocycles. The number of amides is 1. The zero-order chi connectivity index (χ0) is 17.6. The Morgan fingerprint density at radius 2 is 1.80 bits per heavy atom. The molecule has 0 saturated heterocycles. The van der Waals surface area contributed by atoms with Crippen LogP contribution in [0.4, 0.5) is 15.8 Å². The van der Waals surface area contributed by atoms with E-state index < -0.39 is 11.7 Å². The van der Waals surface area contributed by atoms with Gasteiger partial charge in [-0.05, 0) is 35.9 Å². The Morgan fingerprint density at radius 1 is 1.04 bits per heavy atom. The van der Waals surface area contributed by atoms with Crippen molar-refractivity contribution in [3.8, 4) is 0 Å². The predicted molar refractivity (Wildman–Crippen MR) is 97.4 cm³/mol. The number of anilines is 2. The molecule has 2 N–H and O–H groups in total. The van der Waals surface area contributed by atoms with E-state index >= 15 is 0 Å². The van der Waals surface area contributed by atoms with E-state index in [1.54, 1.807) is 18.3 Å². The van der Waals surface area contributed by atoms with Crippen LogP contribution in [0.1, 0.15) is 16.1 Å². The Bertz CT molecular complexity index is 870. The van der Waals surface area contributed by atoms with Gasteiger partial charge in [0.15, 0.2) is 0 Å². The Labute approximate surface area is 149 Å². The van der Waals surface area contributed by atoms with E-state index in [0.717, 1.165) is 11.3 Å². The van der Waals surface area contributed by atoms with Gasteiger partial charge in [0.05, 0.1) is 16.9 Å². The van der Waals surface area contributed by atoms with E-state index in [9.17, 15) is 9.18 Å². The summed E-state index contributed by atoms with van der Waals surface area (Å²) in [6.07, 6.45) is 1.59. The predicted octanol–water partition coefficient (Wildman–Crippen LogP) is 4.74. The Hall–Kier alpha value is -2.92. The summed E-state index contributed by atoms with van der Waals surface area (Å²) in [6.45, 7) is 0.669. The molecule has 0 radical (unpaired) electrons. The first-order valence-corrected chi connectivity index (χ1v) is 8.00. The molecule has 1 amide bonds. The lowest BCUT2D eigenvalue weighted by molar-refractivity contribution is 0.102. The van der Waals surface area contributed by atoms with E-state index in [-0.39, 0.29) is 10.7 Å². The number of rotatable bonds is 5. The minimum absolute atomic E-state index is 0.0498. The third-order valence-corrected chi connectivity index (χ3v) is 3.80. The highest BCUT2D eigenvalue weighted by atomic mass is 35.5. The molecule has 6 heteroatoms. The normalized spacial score (nSPS) is 10.3. The number of aromatic nitrogens is 1. The molecule has 0 spiro atoms. The standard InChI is InChI=1S/C19H15ClFN3O/c20-16-10-14(6-8-17(16)21)24-19(25)18-9-7-15(12-23-18)22-11-13-4-2-1-3-5-13/h1-10,12,22H,11H2,(H,24,25). The fourth-order valence-corrected chi connectivity index (χ4v) is 2.38. The molecular weight excluding hydrogens is 341 g/mol. The summed E-state index contributed by atoms with van der Waals surface area (Å²) < 4.78 is 13.1. The Balaban J connectivity index is 1.61. The lowest BCUT2D eigenvalue weighted by Crippen LogP contribution is -2.13. The molecule has 0 saturated carbocycles. The first-order valence-electron chi connectivity index (χ1n) is 7.62. The van der Waals surface area contributed by atoms with E-state index in [1.165, 1.54) is 18.2 Å². The molecule has 0 bridgehead atoms. The number of hydrogen-bond acceptors (Lipinski definition) is 3. The summed E-state index contributed by atoms with van der Waals surface area (Å²) >= 11 is 5.70. The van der Waals surface area contributed by atoms with Crippen LogP contribution in [0, 0.1) is 5.82 Å². The summed E-state index contributed by atoms with van der Waals surface area (Å²) in [5, 5.41) is 5.82. The number of hydrogen-bond donors (Lipinski definition) is 2. The van der Waals surface area contributed by atoms with Gasteiger partial charge >= 0.3 is 0 Å². The number of nitrogens with one attached hydrogen (secondary N) is 2. The molecule has 0 aliphatic rings. The molecule has 126 valence electrons. The van der Waals surface area contributed by atoms with Gasteiger partial charge in [-0.15, -0.1) is 0 Å². The maximum atomic E-state index is 13.1. The van der Waals surface area contributed by atoms with Gasteiger partial charge in [0.1, 0.15) is 11.5 Å². The van der Waals surface area contributed by atoms with Gasteiger partial charge in [-0.3, -0.25) is 4.79 Å². The lowest BCUT2D eigenvalue weighted by atomic mass is 10.2. The van der Waals surface area contributed by atoms with Crippen LogP contribution < -0.4 is 10.6 Å². The second kappa shape index (κ2) is 7.77. The van der Waals surface area contributed by atoms with Gasteiger partial charge in [0.2, 0.25) is 0 Å². The molecule has 25 heavy (non-hydrogen) atoms. The smallest absolute Gasteiger partial charge is 0.274 e. The average molecular weight is 356 g/mol. The second-order valence-electron chi connectivity index (χ2n) is 5.35. The van der Waals surface area contributed by atoms with Crippen LogP contribution in [0.5, 0.6) is 0 Å². The summed E-state index contributed by atoms with van der Waals surface area (Å²) in [6, 6.07) is 17.4. The topological polar surface area (TPSA) is 54.0 Å².